The quantitative estimate of drug-likeness (QED) is 0.667. The number of nitrogens with zero attached hydrogens (tertiary/aromatic N) is 1. The monoisotopic (exact) mass is 313 g/mol. The number of aromatic nitrogens is 1. The van der Waals surface area contributed by atoms with Crippen molar-refractivity contribution in [3.05, 3.63) is 53.0 Å². The van der Waals surface area contributed by atoms with Crippen LogP contribution in [0, 0.1) is 6.04 Å². The Hall–Kier alpha value is -1.51. The van der Waals surface area contributed by atoms with E-state index in [4.69, 9.17) is 11.6 Å². The molecule has 0 aliphatic heterocycles. The number of aromatic amines is 1. The van der Waals surface area contributed by atoms with Gasteiger partial charge in [-0.05, 0) is 56.3 Å². The Labute approximate surface area is 137 Å². The second-order valence-corrected chi connectivity index (χ2v) is 6.22. The molecule has 0 aliphatic carbocycles. The molecule has 115 valence electrons. The van der Waals surface area contributed by atoms with Gasteiger partial charge in [-0.15, -0.1) is 0 Å². The molecule has 3 heteroatoms. The zero-order chi connectivity index (χ0) is 15.7. The minimum atomic E-state index is 0.781. The number of fused-ring (bicyclic) bond motifs is 3. The highest BCUT2D eigenvalue weighted by Crippen LogP contribution is 2.29. The van der Waals surface area contributed by atoms with E-state index >= 15 is 0 Å². The van der Waals surface area contributed by atoms with E-state index in [1.165, 1.54) is 27.9 Å². The summed E-state index contributed by atoms with van der Waals surface area (Å²) in [5.74, 6) is 0. The largest absolute Gasteiger partial charge is 0.355 e. The number of benzene rings is 2. The molecule has 0 saturated carbocycles. The molecule has 1 N–H and O–H groups in total. The van der Waals surface area contributed by atoms with Gasteiger partial charge in [0.1, 0.15) is 0 Å². The predicted octanol–water partition coefficient (Wildman–Crippen LogP) is 5.41. The third kappa shape index (κ3) is 2.86. The van der Waals surface area contributed by atoms with Gasteiger partial charge in [0.25, 0.3) is 0 Å². The minimum absolute atomic E-state index is 0.781. The lowest BCUT2D eigenvalue weighted by atomic mass is 10.0. The van der Waals surface area contributed by atoms with E-state index in [-0.39, 0.29) is 0 Å². The van der Waals surface area contributed by atoms with Gasteiger partial charge in [0.15, 0.2) is 0 Å². The molecule has 2 aromatic carbocycles. The first-order valence-electron chi connectivity index (χ1n) is 7.89. The van der Waals surface area contributed by atoms with Crippen LogP contribution in [0.15, 0.2) is 36.4 Å². The number of H-pyrrole nitrogens is 1. The van der Waals surface area contributed by atoms with Crippen LogP contribution in [-0.4, -0.2) is 23.0 Å². The highest BCUT2D eigenvalue weighted by atomic mass is 35.5. The first kappa shape index (κ1) is 15.4. The van der Waals surface area contributed by atoms with Gasteiger partial charge in [0, 0.05) is 32.9 Å². The maximum atomic E-state index is 6.12. The third-order valence-electron chi connectivity index (χ3n) is 4.39. The number of likely N-dealkylation sites (N-methyl/N-ethyl adjacent to an activating group) is 1. The van der Waals surface area contributed by atoms with Crippen molar-refractivity contribution in [1.29, 1.82) is 0 Å². The van der Waals surface area contributed by atoms with Gasteiger partial charge in [-0.2, -0.15) is 0 Å². The van der Waals surface area contributed by atoms with Crippen LogP contribution in [0.1, 0.15) is 26.3 Å². The molecule has 1 radical (unpaired) electrons. The van der Waals surface area contributed by atoms with E-state index in [0.717, 1.165) is 30.0 Å². The lowest BCUT2D eigenvalue weighted by Crippen LogP contribution is -2.27. The molecule has 0 saturated heterocycles. The van der Waals surface area contributed by atoms with E-state index in [9.17, 15) is 0 Å². The lowest BCUT2D eigenvalue weighted by Gasteiger charge is -2.25. The summed E-state index contributed by atoms with van der Waals surface area (Å²) in [7, 11) is 0. The van der Waals surface area contributed by atoms with Crippen molar-refractivity contribution in [2.45, 2.75) is 27.2 Å². The van der Waals surface area contributed by atoms with Crippen LogP contribution in [0.25, 0.3) is 21.8 Å². The number of hydrogen-bond acceptors (Lipinski definition) is 1. The average Bonchev–Trinajstić information content (AvgIpc) is 2.85. The summed E-state index contributed by atoms with van der Waals surface area (Å²) in [5, 5.41) is 3.21. The Bertz CT molecular complexity index is 787. The molecule has 0 amide bonds. The summed E-state index contributed by atoms with van der Waals surface area (Å²) >= 11 is 6.12. The molecule has 0 unspecified atom stereocenters. The Morgan fingerprint density at radius 1 is 1.00 bits per heavy atom. The molecule has 1 heterocycles. The summed E-state index contributed by atoms with van der Waals surface area (Å²) in [6.45, 7) is 8.77. The van der Waals surface area contributed by atoms with Crippen LogP contribution in [-0.2, 0) is 6.42 Å². The lowest BCUT2D eigenvalue weighted by molar-refractivity contribution is 0.313. The van der Waals surface area contributed by atoms with Crippen molar-refractivity contribution in [1.82, 2.24) is 9.88 Å². The van der Waals surface area contributed by atoms with Crippen molar-refractivity contribution in [3.63, 3.8) is 0 Å². The molecule has 2 nitrogen and oxygen atoms in total. The van der Waals surface area contributed by atoms with Gasteiger partial charge >= 0.3 is 0 Å². The standard InChI is InChI=1S/C19H22ClN2/c1-4-22(5-2)13(3)10-14-6-8-16-17-12-15(20)7-9-18(17)21-19(16)11-14/h6-9,11-12,21H,4-5,10H2,1-3H3. The summed E-state index contributed by atoms with van der Waals surface area (Å²) in [6.07, 6.45) is 0.994. The van der Waals surface area contributed by atoms with Crippen molar-refractivity contribution in [2.75, 3.05) is 13.1 Å². The van der Waals surface area contributed by atoms with Crippen LogP contribution in [0.2, 0.25) is 5.02 Å². The highest BCUT2D eigenvalue weighted by molar-refractivity contribution is 6.31. The zero-order valence-electron chi connectivity index (χ0n) is 13.4. The summed E-state index contributed by atoms with van der Waals surface area (Å²) in [6, 6.07) is 14.1. The van der Waals surface area contributed by atoms with Crippen molar-refractivity contribution in [2.24, 2.45) is 0 Å². The number of nitrogens with one attached hydrogen (secondary N) is 1. The second-order valence-electron chi connectivity index (χ2n) is 5.78. The van der Waals surface area contributed by atoms with Crippen LogP contribution in [0.3, 0.4) is 0 Å². The normalized spacial score (nSPS) is 12.1. The molecule has 1 aromatic heterocycles. The van der Waals surface area contributed by atoms with Crippen molar-refractivity contribution < 1.29 is 0 Å². The fraction of sp³-hybridized carbons (Fsp3) is 0.316. The smallest absolute Gasteiger partial charge is 0.0467 e. The van der Waals surface area contributed by atoms with Gasteiger partial charge in [0.2, 0.25) is 0 Å². The minimum Gasteiger partial charge on any atom is -0.355 e. The Morgan fingerprint density at radius 3 is 2.50 bits per heavy atom. The first-order valence-corrected chi connectivity index (χ1v) is 8.27. The Balaban J connectivity index is 1.95. The van der Waals surface area contributed by atoms with Crippen LogP contribution in [0.4, 0.5) is 0 Å². The van der Waals surface area contributed by atoms with Gasteiger partial charge in [-0.1, -0.05) is 37.6 Å². The maximum absolute atomic E-state index is 6.12. The molecule has 22 heavy (non-hydrogen) atoms. The van der Waals surface area contributed by atoms with Crippen LogP contribution >= 0.6 is 11.6 Å². The van der Waals surface area contributed by atoms with Gasteiger partial charge in [-0.3, -0.25) is 4.90 Å². The summed E-state index contributed by atoms with van der Waals surface area (Å²) in [4.78, 5) is 5.91. The van der Waals surface area contributed by atoms with Crippen molar-refractivity contribution in [3.8, 4) is 0 Å². The van der Waals surface area contributed by atoms with Crippen molar-refractivity contribution >= 4 is 33.4 Å². The van der Waals surface area contributed by atoms with Gasteiger partial charge in [-0.25, -0.2) is 0 Å². The highest BCUT2D eigenvalue weighted by Gasteiger charge is 2.12. The van der Waals surface area contributed by atoms with Crippen LogP contribution < -0.4 is 0 Å². The topological polar surface area (TPSA) is 19.0 Å². The molecule has 0 atom stereocenters. The molecular weight excluding hydrogens is 292 g/mol. The number of rotatable bonds is 5. The molecule has 0 fully saturated rings. The average molecular weight is 314 g/mol. The fourth-order valence-corrected chi connectivity index (χ4v) is 3.38. The molecule has 0 spiro atoms. The van der Waals surface area contributed by atoms with E-state index in [2.05, 4.69) is 48.9 Å². The van der Waals surface area contributed by atoms with E-state index < -0.39 is 0 Å². The van der Waals surface area contributed by atoms with Gasteiger partial charge < -0.3 is 4.98 Å². The number of halogens is 1. The summed E-state index contributed by atoms with van der Waals surface area (Å²) in [5.41, 5.74) is 3.66. The first-order chi connectivity index (χ1) is 10.6. The fourth-order valence-electron chi connectivity index (χ4n) is 3.20. The predicted molar refractivity (Wildman–Crippen MR) is 96.4 cm³/mol. The molecule has 0 bridgehead atoms. The maximum Gasteiger partial charge on any atom is 0.0467 e. The second kappa shape index (κ2) is 6.31. The zero-order valence-corrected chi connectivity index (χ0v) is 14.2. The van der Waals surface area contributed by atoms with E-state index in [0.29, 0.717) is 0 Å². The summed E-state index contributed by atoms with van der Waals surface area (Å²) < 4.78 is 0. The third-order valence-corrected chi connectivity index (χ3v) is 4.62. The van der Waals surface area contributed by atoms with Crippen LogP contribution in [0.5, 0.6) is 0 Å². The molecule has 0 aliphatic rings. The van der Waals surface area contributed by atoms with Gasteiger partial charge in [0.05, 0.1) is 0 Å². The van der Waals surface area contributed by atoms with E-state index in [1.54, 1.807) is 0 Å². The van der Waals surface area contributed by atoms with E-state index in [1.807, 2.05) is 18.2 Å². The molecule has 3 rings (SSSR count). The molecule has 3 aromatic rings. The Morgan fingerprint density at radius 2 is 1.77 bits per heavy atom. The molecular formula is C19H22ClN2. The number of hydrogen-bond donors (Lipinski definition) is 1. The SMILES string of the molecule is CCN(CC)[C](C)Cc1ccc2c(c1)[nH]c1ccc(Cl)cc12. The Kier molecular flexibility index (Phi) is 4.42.